The van der Waals surface area contributed by atoms with E-state index >= 15 is 0 Å². The van der Waals surface area contributed by atoms with E-state index in [1.54, 1.807) is 6.20 Å². The van der Waals surface area contributed by atoms with Gasteiger partial charge in [0.25, 0.3) is 0 Å². The van der Waals surface area contributed by atoms with Gasteiger partial charge in [-0.05, 0) is 26.8 Å². The summed E-state index contributed by atoms with van der Waals surface area (Å²) in [5.74, 6) is 0. The number of hydrogen-bond acceptors (Lipinski definition) is 3. The molecular formula is C9H17N3O. The molecule has 0 atom stereocenters. The van der Waals surface area contributed by atoms with E-state index in [9.17, 15) is 0 Å². The third-order valence-electron chi connectivity index (χ3n) is 2.23. The van der Waals surface area contributed by atoms with E-state index < -0.39 is 0 Å². The van der Waals surface area contributed by atoms with Crippen molar-refractivity contribution in [2.24, 2.45) is 0 Å². The van der Waals surface area contributed by atoms with Gasteiger partial charge in [-0.15, -0.1) is 0 Å². The highest BCUT2D eigenvalue weighted by Crippen LogP contribution is 2.17. The second-order valence-electron chi connectivity index (χ2n) is 3.69. The zero-order chi connectivity index (χ0) is 9.73. The van der Waals surface area contributed by atoms with Gasteiger partial charge in [-0.25, -0.2) is 4.98 Å². The predicted octanol–water partition coefficient (Wildman–Crippen LogP) is 0.548. The van der Waals surface area contributed by atoms with Gasteiger partial charge in [-0.1, -0.05) is 0 Å². The Kier molecular flexibility index (Phi) is 3.45. The Labute approximate surface area is 78.6 Å². The number of aliphatic hydroxyl groups excluding tert-OH is 1. The van der Waals surface area contributed by atoms with Crippen LogP contribution in [0.1, 0.15) is 20.3 Å². The Morgan fingerprint density at radius 1 is 1.54 bits per heavy atom. The molecule has 4 heteroatoms. The monoisotopic (exact) mass is 183 g/mol. The molecule has 0 radical (unpaired) electrons. The highest BCUT2D eigenvalue weighted by Gasteiger charge is 2.18. The van der Waals surface area contributed by atoms with Crippen molar-refractivity contribution in [2.45, 2.75) is 25.8 Å². The molecule has 2 N–H and O–H groups in total. The van der Waals surface area contributed by atoms with Gasteiger partial charge in [-0.2, -0.15) is 0 Å². The molecule has 13 heavy (non-hydrogen) atoms. The number of hydrogen-bond donors (Lipinski definition) is 2. The molecule has 0 saturated carbocycles. The second-order valence-corrected chi connectivity index (χ2v) is 3.69. The average molecular weight is 183 g/mol. The molecule has 1 aromatic rings. The Bertz CT molecular complexity index is 231. The fourth-order valence-electron chi connectivity index (χ4n) is 1.22. The molecule has 0 aliphatic rings. The summed E-state index contributed by atoms with van der Waals surface area (Å²) in [6.07, 6.45) is 6.52. The van der Waals surface area contributed by atoms with Crippen molar-refractivity contribution in [2.75, 3.05) is 13.3 Å². The van der Waals surface area contributed by atoms with Crippen LogP contribution in [0, 0.1) is 0 Å². The quantitative estimate of drug-likeness (QED) is 0.517. The van der Waals surface area contributed by atoms with Gasteiger partial charge < -0.3 is 9.67 Å². The minimum atomic E-state index is 0.0417. The van der Waals surface area contributed by atoms with Gasteiger partial charge in [-0.3, -0.25) is 5.32 Å². The lowest BCUT2D eigenvalue weighted by Crippen LogP contribution is -2.30. The van der Waals surface area contributed by atoms with E-state index in [1.165, 1.54) is 0 Å². The summed E-state index contributed by atoms with van der Waals surface area (Å²) in [6, 6.07) is 0. The number of aromatic nitrogens is 2. The highest BCUT2D eigenvalue weighted by molar-refractivity contribution is 4.86. The number of aliphatic hydroxyl groups is 1. The van der Waals surface area contributed by atoms with Crippen molar-refractivity contribution in [1.82, 2.24) is 14.9 Å². The van der Waals surface area contributed by atoms with Gasteiger partial charge in [0.15, 0.2) is 0 Å². The molecule has 0 amide bonds. The van der Waals surface area contributed by atoms with Crippen LogP contribution in [0.5, 0.6) is 0 Å². The van der Waals surface area contributed by atoms with E-state index in [2.05, 4.69) is 28.7 Å². The van der Waals surface area contributed by atoms with Crippen molar-refractivity contribution in [3.63, 3.8) is 0 Å². The predicted molar refractivity (Wildman–Crippen MR) is 51.3 cm³/mol. The summed E-state index contributed by atoms with van der Waals surface area (Å²) in [4.78, 5) is 4.01. The minimum absolute atomic E-state index is 0.0417. The maximum Gasteiger partial charge on any atom is 0.0950 e. The fourth-order valence-corrected chi connectivity index (χ4v) is 1.22. The summed E-state index contributed by atoms with van der Waals surface area (Å²) in [7, 11) is 0. The van der Waals surface area contributed by atoms with Crippen LogP contribution in [-0.2, 0) is 5.54 Å². The number of nitrogens with one attached hydrogen (secondary N) is 1. The van der Waals surface area contributed by atoms with Gasteiger partial charge >= 0.3 is 0 Å². The molecule has 1 aromatic heterocycles. The van der Waals surface area contributed by atoms with Crippen LogP contribution in [0.4, 0.5) is 0 Å². The van der Waals surface area contributed by atoms with Crippen molar-refractivity contribution in [1.29, 1.82) is 0 Å². The lowest BCUT2D eigenvalue weighted by molar-refractivity contribution is 0.243. The van der Waals surface area contributed by atoms with Crippen LogP contribution in [0.2, 0.25) is 0 Å². The van der Waals surface area contributed by atoms with Crippen LogP contribution in [0.25, 0.3) is 0 Å². The summed E-state index contributed by atoms with van der Waals surface area (Å²) in [5.41, 5.74) is 0.0542. The van der Waals surface area contributed by atoms with E-state index in [-0.39, 0.29) is 12.3 Å². The van der Waals surface area contributed by atoms with Crippen LogP contribution in [-0.4, -0.2) is 27.9 Å². The molecule has 1 heterocycles. The summed E-state index contributed by atoms with van der Waals surface area (Å²) >= 11 is 0. The highest BCUT2D eigenvalue weighted by atomic mass is 16.3. The average Bonchev–Trinajstić information content (AvgIpc) is 2.56. The van der Waals surface area contributed by atoms with Gasteiger partial charge in [0, 0.05) is 17.9 Å². The summed E-state index contributed by atoms with van der Waals surface area (Å²) < 4.78 is 2.08. The molecule has 0 aliphatic carbocycles. The van der Waals surface area contributed by atoms with E-state index in [1.807, 2.05) is 12.5 Å². The molecular weight excluding hydrogens is 166 g/mol. The molecule has 0 aliphatic heterocycles. The molecule has 0 saturated heterocycles. The third-order valence-corrected chi connectivity index (χ3v) is 2.23. The Hall–Kier alpha value is -0.870. The van der Waals surface area contributed by atoms with Gasteiger partial charge in [0.2, 0.25) is 0 Å². The van der Waals surface area contributed by atoms with E-state index in [0.29, 0.717) is 0 Å². The molecule has 0 bridgehead atoms. The smallest absolute Gasteiger partial charge is 0.0950 e. The topological polar surface area (TPSA) is 50.1 Å². The lowest BCUT2D eigenvalue weighted by atomic mass is 10.0. The lowest BCUT2D eigenvalue weighted by Gasteiger charge is -2.26. The van der Waals surface area contributed by atoms with E-state index in [0.717, 1.165) is 13.0 Å². The maximum atomic E-state index is 8.56. The van der Waals surface area contributed by atoms with Crippen molar-refractivity contribution < 1.29 is 5.11 Å². The molecule has 74 valence electrons. The summed E-state index contributed by atoms with van der Waals surface area (Å²) in [6.45, 7) is 5.14. The molecule has 0 spiro atoms. The van der Waals surface area contributed by atoms with Crippen LogP contribution < -0.4 is 5.32 Å². The Balaban J connectivity index is 2.46. The Morgan fingerprint density at radius 3 is 2.85 bits per heavy atom. The first-order valence-electron chi connectivity index (χ1n) is 4.47. The Morgan fingerprint density at radius 2 is 2.31 bits per heavy atom. The number of imidazole rings is 1. The first kappa shape index (κ1) is 10.2. The standard InChI is InChI=1S/C9H17N3O/c1-9(2,3-4-11-8-13)12-6-5-10-7-12/h5-7,11,13H,3-4,8H2,1-2H3. The van der Waals surface area contributed by atoms with Gasteiger partial charge in [0.05, 0.1) is 13.1 Å². The SMILES string of the molecule is CC(C)(CCNCO)n1ccnc1. The molecule has 0 aromatic carbocycles. The van der Waals surface area contributed by atoms with Gasteiger partial charge in [0.1, 0.15) is 0 Å². The first-order chi connectivity index (χ1) is 6.17. The molecule has 4 nitrogen and oxygen atoms in total. The maximum absolute atomic E-state index is 8.56. The normalized spacial score (nSPS) is 11.9. The summed E-state index contributed by atoms with van der Waals surface area (Å²) in [5, 5.41) is 11.5. The van der Waals surface area contributed by atoms with E-state index in [4.69, 9.17) is 5.11 Å². The third kappa shape index (κ3) is 2.82. The van der Waals surface area contributed by atoms with Crippen LogP contribution in [0.15, 0.2) is 18.7 Å². The van der Waals surface area contributed by atoms with Crippen molar-refractivity contribution in [3.05, 3.63) is 18.7 Å². The van der Waals surface area contributed by atoms with Crippen molar-refractivity contribution in [3.8, 4) is 0 Å². The zero-order valence-electron chi connectivity index (χ0n) is 8.20. The molecule has 0 fully saturated rings. The van der Waals surface area contributed by atoms with Crippen molar-refractivity contribution >= 4 is 0 Å². The zero-order valence-corrected chi connectivity index (χ0v) is 8.20. The van der Waals surface area contributed by atoms with Crippen LogP contribution >= 0.6 is 0 Å². The fraction of sp³-hybridized carbons (Fsp3) is 0.667. The largest absolute Gasteiger partial charge is 0.381 e. The van der Waals surface area contributed by atoms with Crippen LogP contribution in [0.3, 0.4) is 0 Å². The number of nitrogens with zero attached hydrogens (tertiary/aromatic N) is 2. The first-order valence-corrected chi connectivity index (χ1v) is 4.47. The second kappa shape index (κ2) is 4.39. The molecule has 1 rings (SSSR count). The number of rotatable bonds is 5. The minimum Gasteiger partial charge on any atom is -0.381 e. The molecule has 0 unspecified atom stereocenters.